The van der Waals surface area contributed by atoms with E-state index in [1.165, 1.54) is 0 Å². The van der Waals surface area contributed by atoms with Gasteiger partial charge in [-0.15, -0.1) is 0 Å². The lowest BCUT2D eigenvalue weighted by Gasteiger charge is -2.15. The van der Waals surface area contributed by atoms with Crippen LogP contribution in [0.1, 0.15) is 13.8 Å². The van der Waals surface area contributed by atoms with Gasteiger partial charge in [0.25, 0.3) is 0 Å². The lowest BCUT2D eigenvalue weighted by molar-refractivity contribution is 0.212. The minimum Gasteiger partial charge on any atom is -0.316 e. The molecule has 0 saturated carbocycles. The number of carbonyl (C=O) groups excluding carboxylic acids is 1. The third-order valence-corrected chi connectivity index (χ3v) is 3.68. The van der Waals surface area contributed by atoms with E-state index in [4.69, 9.17) is 9.05 Å². The highest BCUT2D eigenvalue weighted by Gasteiger charge is 2.34. The normalized spacial score (nSPS) is 11.2. The van der Waals surface area contributed by atoms with Crippen molar-refractivity contribution >= 4 is 18.9 Å². The number of carbonyl (C=O) groups is 1. The van der Waals surface area contributed by atoms with Gasteiger partial charge in [0, 0.05) is 5.69 Å². The molecule has 6 heteroatoms. The van der Waals surface area contributed by atoms with Crippen molar-refractivity contribution in [1.82, 2.24) is 0 Å². The van der Waals surface area contributed by atoms with Crippen molar-refractivity contribution in [1.29, 1.82) is 0 Å². The molecule has 0 aromatic heterocycles. The molecule has 1 aromatic carbocycles. The van der Waals surface area contributed by atoms with Crippen LogP contribution in [0.4, 0.5) is 10.5 Å². The molecule has 1 aromatic rings. The Kier molecular flexibility index (Phi) is 5.35. The summed E-state index contributed by atoms with van der Waals surface area (Å²) >= 11 is 0. The summed E-state index contributed by atoms with van der Waals surface area (Å²) < 4.78 is 21.9. The van der Waals surface area contributed by atoms with E-state index in [0.717, 1.165) is 0 Å². The minimum absolute atomic E-state index is 0.152. The van der Waals surface area contributed by atoms with Crippen molar-refractivity contribution in [3.05, 3.63) is 30.3 Å². The Hall–Kier alpha value is -1.16. The fourth-order valence-corrected chi connectivity index (χ4v) is 2.46. The van der Waals surface area contributed by atoms with Crippen molar-refractivity contribution in [2.45, 2.75) is 13.8 Å². The highest BCUT2D eigenvalue weighted by atomic mass is 31.2. The second-order valence-electron chi connectivity index (χ2n) is 3.13. The zero-order valence-electron chi connectivity index (χ0n) is 9.88. The van der Waals surface area contributed by atoms with E-state index in [0.29, 0.717) is 5.69 Å². The topological polar surface area (TPSA) is 64.6 Å². The Morgan fingerprint density at radius 1 is 1.18 bits per heavy atom. The van der Waals surface area contributed by atoms with Gasteiger partial charge in [0.2, 0.25) is 0 Å². The van der Waals surface area contributed by atoms with Gasteiger partial charge in [0.15, 0.2) is 0 Å². The van der Waals surface area contributed by atoms with Crippen LogP contribution >= 0.6 is 7.60 Å². The summed E-state index contributed by atoms with van der Waals surface area (Å²) in [5, 5.41) is 2.50. The molecule has 1 rings (SSSR count). The largest absolute Gasteiger partial charge is 0.418 e. The molecule has 0 aliphatic heterocycles. The monoisotopic (exact) mass is 257 g/mol. The van der Waals surface area contributed by atoms with E-state index >= 15 is 0 Å². The van der Waals surface area contributed by atoms with E-state index in [9.17, 15) is 9.36 Å². The van der Waals surface area contributed by atoms with Gasteiger partial charge in [0.05, 0.1) is 13.2 Å². The average molecular weight is 257 g/mol. The Bertz CT molecular complexity index is 397. The van der Waals surface area contributed by atoms with Crippen LogP contribution in [0.3, 0.4) is 0 Å². The molecular formula is C11H16NO4P. The molecule has 0 saturated heterocycles. The van der Waals surface area contributed by atoms with Crippen molar-refractivity contribution in [2.24, 2.45) is 0 Å². The molecule has 1 N–H and O–H groups in total. The summed E-state index contributed by atoms with van der Waals surface area (Å²) in [4.78, 5) is 11.8. The third-order valence-electron chi connectivity index (χ3n) is 1.87. The Morgan fingerprint density at radius 2 is 1.71 bits per heavy atom. The number of hydrogen-bond donors (Lipinski definition) is 1. The zero-order valence-corrected chi connectivity index (χ0v) is 10.8. The van der Waals surface area contributed by atoms with Crippen LogP contribution in [0.15, 0.2) is 30.3 Å². The first kappa shape index (κ1) is 13.9. The van der Waals surface area contributed by atoms with Crippen molar-refractivity contribution in [3.8, 4) is 0 Å². The summed E-state index contributed by atoms with van der Waals surface area (Å²) in [6.07, 6.45) is 0. The Labute approximate surface area is 101 Å². The van der Waals surface area contributed by atoms with Crippen LogP contribution in [0.5, 0.6) is 0 Å². The molecule has 17 heavy (non-hydrogen) atoms. The lowest BCUT2D eigenvalue weighted by Crippen LogP contribution is -2.14. The number of anilines is 1. The summed E-state index contributed by atoms with van der Waals surface area (Å²) in [5.41, 5.74) is -0.190. The number of rotatable bonds is 6. The second kappa shape index (κ2) is 6.55. The standard InChI is InChI=1S/C11H16NO4P/c1-3-15-17(14,16-4-2)11(13)12-10-8-6-5-7-9-10/h5-9H,3-4H2,1-2H3,(H,12,13). The molecule has 0 spiro atoms. The molecule has 94 valence electrons. The molecule has 5 nitrogen and oxygen atoms in total. The fraction of sp³-hybridized carbons (Fsp3) is 0.364. The van der Waals surface area contributed by atoms with Gasteiger partial charge in [-0.3, -0.25) is 4.79 Å². The van der Waals surface area contributed by atoms with E-state index in [1.54, 1.807) is 38.1 Å². The first-order valence-corrected chi connectivity index (χ1v) is 6.92. The van der Waals surface area contributed by atoms with Crippen molar-refractivity contribution in [3.63, 3.8) is 0 Å². The van der Waals surface area contributed by atoms with E-state index < -0.39 is 13.2 Å². The number of benzene rings is 1. The average Bonchev–Trinajstić information content (AvgIpc) is 2.31. The third kappa shape index (κ3) is 3.97. The summed E-state index contributed by atoms with van der Waals surface area (Å²) in [7, 11) is -3.73. The summed E-state index contributed by atoms with van der Waals surface area (Å²) in [5.74, 6) is 0. The molecule has 0 atom stereocenters. The molecule has 0 bridgehead atoms. The van der Waals surface area contributed by atoms with E-state index in [2.05, 4.69) is 5.32 Å². The Morgan fingerprint density at radius 3 is 2.18 bits per heavy atom. The smallest absolute Gasteiger partial charge is 0.316 e. The van der Waals surface area contributed by atoms with Crippen LogP contribution in [-0.2, 0) is 13.6 Å². The summed E-state index contributed by atoms with van der Waals surface area (Å²) in [6.45, 7) is 3.61. The maximum atomic E-state index is 12.1. The SMILES string of the molecule is CCOP(=O)(OCC)C(=O)Nc1ccccc1. The molecule has 0 unspecified atom stereocenters. The number of amides is 1. The highest BCUT2D eigenvalue weighted by Crippen LogP contribution is 2.49. The van der Waals surface area contributed by atoms with Gasteiger partial charge in [-0.25, -0.2) is 4.57 Å². The van der Waals surface area contributed by atoms with Gasteiger partial charge >= 0.3 is 13.2 Å². The van der Waals surface area contributed by atoms with E-state index in [-0.39, 0.29) is 13.2 Å². The predicted molar refractivity (Wildman–Crippen MR) is 66.3 cm³/mol. The van der Waals surface area contributed by atoms with Crippen LogP contribution in [0, 0.1) is 0 Å². The van der Waals surface area contributed by atoms with Gasteiger partial charge in [-0.05, 0) is 26.0 Å². The first-order chi connectivity index (χ1) is 8.12. The maximum Gasteiger partial charge on any atom is 0.418 e. The quantitative estimate of drug-likeness (QED) is 0.792. The number of hydrogen-bond acceptors (Lipinski definition) is 4. The second-order valence-corrected chi connectivity index (χ2v) is 5.05. The first-order valence-electron chi connectivity index (χ1n) is 5.38. The van der Waals surface area contributed by atoms with Crippen molar-refractivity contribution in [2.75, 3.05) is 18.5 Å². The van der Waals surface area contributed by atoms with Crippen LogP contribution in [0.25, 0.3) is 0 Å². The molecule has 0 aliphatic carbocycles. The van der Waals surface area contributed by atoms with Crippen molar-refractivity contribution < 1.29 is 18.4 Å². The summed E-state index contributed by atoms with van der Waals surface area (Å²) in [6, 6.07) is 8.74. The molecule has 1 amide bonds. The zero-order chi connectivity index (χ0) is 12.7. The minimum atomic E-state index is -3.73. The number of para-hydroxylation sites is 1. The predicted octanol–water partition coefficient (Wildman–Crippen LogP) is 3.48. The van der Waals surface area contributed by atoms with E-state index in [1.807, 2.05) is 6.07 Å². The van der Waals surface area contributed by atoms with Gasteiger partial charge in [-0.2, -0.15) is 0 Å². The maximum absolute atomic E-state index is 12.1. The lowest BCUT2D eigenvalue weighted by atomic mass is 10.3. The van der Waals surface area contributed by atoms with Crippen LogP contribution in [-0.4, -0.2) is 18.9 Å². The molecule has 0 aliphatic rings. The molecular weight excluding hydrogens is 241 g/mol. The molecule has 0 radical (unpaired) electrons. The van der Waals surface area contributed by atoms with Gasteiger partial charge in [0.1, 0.15) is 0 Å². The van der Waals surface area contributed by atoms with Gasteiger partial charge < -0.3 is 14.4 Å². The Balaban J connectivity index is 2.76. The van der Waals surface area contributed by atoms with Gasteiger partial charge in [-0.1, -0.05) is 18.2 Å². The highest BCUT2D eigenvalue weighted by molar-refractivity contribution is 7.72. The molecule has 0 fully saturated rings. The fourth-order valence-electron chi connectivity index (χ4n) is 1.21. The molecule has 0 heterocycles. The number of nitrogens with one attached hydrogen (secondary N) is 1. The van der Waals surface area contributed by atoms with Crippen LogP contribution < -0.4 is 5.32 Å². The van der Waals surface area contributed by atoms with Crippen LogP contribution in [0.2, 0.25) is 0 Å².